The van der Waals surface area contributed by atoms with Gasteiger partial charge in [-0.3, -0.25) is 4.79 Å². The Hall–Kier alpha value is -1.23. The zero-order valence-corrected chi connectivity index (χ0v) is 13.9. The van der Waals surface area contributed by atoms with Crippen LogP contribution in [0.4, 0.5) is 0 Å². The summed E-state index contributed by atoms with van der Waals surface area (Å²) in [6.07, 6.45) is 5.78. The third kappa shape index (κ3) is 2.71. The van der Waals surface area contributed by atoms with Crippen molar-refractivity contribution in [1.29, 1.82) is 0 Å². The lowest BCUT2D eigenvalue weighted by atomic mass is 9.86. The van der Waals surface area contributed by atoms with E-state index in [1.807, 2.05) is 12.1 Å². The van der Waals surface area contributed by atoms with E-state index in [1.165, 1.54) is 25.7 Å². The van der Waals surface area contributed by atoms with Crippen molar-refractivity contribution in [3.05, 3.63) is 22.2 Å². The quantitative estimate of drug-likeness (QED) is 0.754. The first-order chi connectivity index (χ1) is 10.7. The largest absolute Gasteiger partial charge is 0.461 e. The van der Waals surface area contributed by atoms with Crippen molar-refractivity contribution in [1.82, 2.24) is 0 Å². The number of ether oxygens (including phenoxy) is 3. The van der Waals surface area contributed by atoms with Crippen LogP contribution in [0.25, 0.3) is 0 Å². The van der Waals surface area contributed by atoms with Crippen molar-refractivity contribution in [2.45, 2.75) is 38.7 Å². The first-order valence-corrected chi connectivity index (χ1v) is 8.72. The number of halogens is 1. The third-order valence-corrected chi connectivity index (χ3v) is 5.98. The average molecular weight is 367 g/mol. The molecule has 22 heavy (non-hydrogen) atoms. The number of esters is 1. The lowest BCUT2D eigenvalue weighted by Gasteiger charge is -2.20. The first kappa shape index (κ1) is 14.4. The van der Waals surface area contributed by atoms with Gasteiger partial charge in [-0.1, -0.05) is 22.4 Å². The van der Waals surface area contributed by atoms with Crippen LogP contribution in [0.1, 0.15) is 37.7 Å². The summed E-state index contributed by atoms with van der Waals surface area (Å²) in [6.45, 7) is 0.520. The Kier molecular flexibility index (Phi) is 3.76. The highest BCUT2D eigenvalue weighted by atomic mass is 79.9. The summed E-state index contributed by atoms with van der Waals surface area (Å²) in [5.41, 5.74) is 0.908. The molecule has 0 saturated heterocycles. The maximum atomic E-state index is 12.1. The minimum absolute atomic E-state index is 0.0814. The van der Waals surface area contributed by atoms with Gasteiger partial charge < -0.3 is 14.2 Å². The standard InChI is InChI=1S/C17H19BrO4/c18-14-7-16-15(21-9-22-16)5-13(14)8-20-17(19)6-12-4-10-1-2-11(12)3-10/h5,7,10-12H,1-4,6,8-9H2/t10-,11+,12-/m0/s1. The molecule has 0 unspecified atom stereocenters. The molecule has 1 aromatic rings. The van der Waals surface area contributed by atoms with E-state index >= 15 is 0 Å². The first-order valence-electron chi connectivity index (χ1n) is 7.92. The Balaban J connectivity index is 1.33. The highest BCUT2D eigenvalue weighted by Crippen LogP contribution is 2.49. The molecule has 3 aliphatic rings. The molecule has 0 spiro atoms. The lowest BCUT2D eigenvalue weighted by molar-refractivity contribution is -0.146. The fourth-order valence-corrected chi connectivity index (χ4v) is 4.56. The predicted octanol–water partition coefficient (Wildman–Crippen LogP) is 4.05. The molecular formula is C17H19BrO4. The van der Waals surface area contributed by atoms with Crippen LogP contribution in [0.5, 0.6) is 11.5 Å². The Labute approximate surface area is 138 Å². The minimum atomic E-state index is -0.0814. The van der Waals surface area contributed by atoms with Crippen LogP contribution in [0.2, 0.25) is 0 Å². The summed E-state index contributed by atoms with van der Waals surface area (Å²) >= 11 is 3.49. The minimum Gasteiger partial charge on any atom is -0.461 e. The van der Waals surface area contributed by atoms with Crippen LogP contribution >= 0.6 is 15.9 Å². The highest BCUT2D eigenvalue weighted by molar-refractivity contribution is 9.10. The van der Waals surface area contributed by atoms with Gasteiger partial charge in [-0.05, 0) is 49.1 Å². The Morgan fingerprint density at radius 1 is 1.23 bits per heavy atom. The number of hydrogen-bond acceptors (Lipinski definition) is 4. The van der Waals surface area contributed by atoms with E-state index in [9.17, 15) is 4.79 Å². The average Bonchev–Trinajstić information content (AvgIpc) is 3.20. The molecule has 1 aliphatic heterocycles. The molecule has 5 heteroatoms. The van der Waals surface area contributed by atoms with Crippen molar-refractivity contribution >= 4 is 21.9 Å². The van der Waals surface area contributed by atoms with E-state index < -0.39 is 0 Å². The number of rotatable bonds is 4. The molecule has 3 atom stereocenters. The summed E-state index contributed by atoms with van der Waals surface area (Å²) < 4.78 is 17.0. The molecule has 1 heterocycles. The maximum Gasteiger partial charge on any atom is 0.306 e. The number of hydrogen-bond donors (Lipinski definition) is 0. The molecular weight excluding hydrogens is 348 g/mol. The second-order valence-electron chi connectivity index (χ2n) is 6.60. The second-order valence-corrected chi connectivity index (χ2v) is 7.45. The molecule has 4 nitrogen and oxygen atoms in total. The summed E-state index contributed by atoms with van der Waals surface area (Å²) in [5.74, 6) is 3.53. The van der Waals surface area contributed by atoms with Gasteiger partial charge in [0, 0.05) is 16.5 Å². The van der Waals surface area contributed by atoms with Crippen LogP contribution in [0, 0.1) is 17.8 Å². The predicted molar refractivity (Wildman–Crippen MR) is 83.6 cm³/mol. The van der Waals surface area contributed by atoms with Crippen LogP contribution < -0.4 is 9.47 Å². The van der Waals surface area contributed by atoms with Crippen molar-refractivity contribution < 1.29 is 19.0 Å². The molecule has 2 saturated carbocycles. The Morgan fingerprint density at radius 3 is 2.77 bits per heavy atom. The molecule has 2 fully saturated rings. The highest BCUT2D eigenvalue weighted by Gasteiger charge is 2.40. The smallest absolute Gasteiger partial charge is 0.306 e. The SMILES string of the molecule is O=C(C[C@@H]1C[C@H]2CC[C@@H]1C2)OCc1cc2c(cc1Br)OCO2. The van der Waals surface area contributed by atoms with Crippen molar-refractivity contribution in [3.63, 3.8) is 0 Å². The molecule has 2 bridgehead atoms. The second kappa shape index (κ2) is 5.76. The molecule has 0 N–H and O–H groups in total. The van der Waals surface area contributed by atoms with Crippen molar-refractivity contribution in [3.8, 4) is 11.5 Å². The number of fused-ring (bicyclic) bond motifs is 3. The Morgan fingerprint density at radius 2 is 2.05 bits per heavy atom. The van der Waals surface area contributed by atoms with E-state index in [4.69, 9.17) is 14.2 Å². The third-order valence-electron chi connectivity index (χ3n) is 5.24. The van der Waals surface area contributed by atoms with Crippen LogP contribution in [-0.2, 0) is 16.1 Å². The van der Waals surface area contributed by atoms with E-state index in [-0.39, 0.29) is 19.4 Å². The van der Waals surface area contributed by atoms with Gasteiger partial charge >= 0.3 is 5.97 Å². The fraction of sp³-hybridized carbons (Fsp3) is 0.588. The van der Waals surface area contributed by atoms with Crippen molar-refractivity contribution in [2.24, 2.45) is 17.8 Å². The molecule has 1 aromatic carbocycles. The van der Waals surface area contributed by atoms with E-state index in [0.717, 1.165) is 27.6 Å². The van der Waals surface area contributed by atoms with Gasteiger partial charge in [-0.2, -0.15) is 0 Å². The number of benzene rings is 1. The van der Waals surface area contributed by atoms with E-state index in [0.29, 0.717) is 18.1 Å². The molecule has 2 aliphatic carbocycles. The molecule has 4 rings (SSSR count). The van der Waals surface area contributed by atoms with Crippen LogP contribution in [-0.4, -0.2) is 12.8 Å². The van der Waals surface area contributed by atoms with Gasteiger partial charge in [0.15, 0.2) is 11.5 Å². The lowest BCUT2D eigenvalue weighted by Crippen LogP contribution is -2.17. The van der Waals surface area contributed by atoms with Crippen LogP contribution in [0.3, 0.4) is 0 Å². The van der Waals surface area contributed by atoms with E-state index in [1.54, 1.807) is 0 Å². The summed E-state index contributed by atoms with van der Waals surface area (Å²) in [6, 6.07) is 3.73. The maximum absolute atomic E-state index is 12.1. The zero-order valence-electron chi connectivity index (χ0n) is 12.3. The monoisotopic (exact) mass is 366 g/mol. The van der Waals surface area contributed by atoms with Gasteiger partial charge in [0.2, 0.25) is 6.79 Å². The zero-order chi connectivity index (χ0) is 15.1. The number of carbonyl (C=O) groups excluding carboxylic acids is 1. The van der Waals surface area contributed by atoms with Gasteiger partial charge in [-0.15, -0.1) is 0 Å². The molecule has 118 valence electrons. The van der Waals surface area contributed by atoms with Gasteiger partial charge in [0.1, 0.15) is 6.61 Å². The van der Waals surface area contributed by atoms with Gasteiger partial charge in [0.25, 0.3) is 0 Å². The van der Waals surface area contributed by atoms with Gasteiger partial charge in [0.05, 0.1) is 0 Å². The molecule has 0 amide bonds. The Bertz CT molecular complexity index is 601. The topological polar surface area (TPSA) is 44.8 Å². The van der Waals surface area contributed by atoms with Gasteiger partial charge in [-0.25, -0.2) is 0 Å². The summed E-state index contributed by atoms with van der Waals surface area (Å²) in [4.78, 5) is 12.1. The summed E-state index contributed by atoms with van der Waals surface area (Å²) in [5, 5.41) is 0. The molecule has 0 aromatic heterocycles. The summed E-state index contributed by atoms with van der Waals surface area (Å²) in [7, 11) is 0. The fourth-order valence-electron chi connectivity index (χ4n) is 4.13. The van der Waals surface area contributed by atoms with Crippen LogP contribution in [0.15, 0.2) is 16.6 Å². The molecule has 0 radical (unpaired) electrons. The number of carbonyl (C=O) groups is 1. The van der Waals surface area contributed by atoms with E-state index in [2.05, 4.69) is 15.9 Å². The van der Waals surface area contributed by atoms with Crippen molar-refractivity contribution in [2.75, 3.05) is 6.79 Å². The normalized spacial score (nSPS) is 28.1.